The maximum atomic E-state index is 11.8. The Hall–Kier alpha value is -3.30. The van der Waals surface area contributed by atoms with Crippen molar-refractivity contribution in [3.05, 3.63) is 70.4 Å². The lowest BCUT2D eigenvalue weighted by molar-refractivity contribution is -0.136. The van der Waals surface area contributed by atoms with Crippen LogP contribution in [0.1, 0.15) is 56.4 Å². The van der Waals surface area contributed by atoms with Crippen molar-refractivity contribution in [2.45, 2.75) is 58.5 Å². The molecule has 1 aliphatic heterocycles. The van der Waals surface area contributed by atoms with Crippen LogP contribution in [0.3, 0.4) is 0 Å². The summed E-state index contributed by atoms with van der Waals surface area (Å²) < 4.78 is 2.98. The van der Waals surface area contributed by atoms with Gasteiger partial charge < -0.3 is 15.1 Å². The molecule has 3 aromatic carbocycles. The van der Waals surface area contributed by atoms with Gasteiger partial charge in [0.2, 0.25) is 0 Å². The lowest BCUT2D eigenvalue weighted by atomic mass is 9.91. The molecule has 226 valence electrons. The minimum absolute atomic E-state index is 0.0479. The number of hydrogen-bond acceptors (Lipinski definition) is 6. The molecular weight excluding hydrogens is 580 g/mol. The SMILES string of the molecule is CC(C)(C)O.Cc1cc2nc(-c3ccc4c(C5CCN(C)CC5)nn(C)c4c3)sc2c(-c2ccc(Cl)cc2)c1CC(=O)O. The Morgan fingerprint density at radius 2 is 1.67 bits per heavy atom. The number of aliphatic carboxylic acids is 1. The first kappa shape index (κ1) is 31.1. The number of aryl methyl sites for hydroxylation is 2. The Bertz CT molecular complexity index is 1770. The molecule has 2 aromatic heterocycles. The van der Waals surface area contributed by atoms with Gasteiger partial charge in [-0.2, -0.15) is 5.10 Å². The third kappa shape index (κ3) is 7.10. The van der Waals surface area contributed by atoms with Crippen LogP contribution in [0.4, 0.5) is 0 Å². The van der Waals surface area contributed by atoms with Crippen molar-refractivity contribution in [1.29, 1.82) is 0 Å². The molecule has 1 saturated heterocycles. The van der Waals surface area contributed by atoms with Crippen LogP contribution in [0.2, 0.25) is 5.02 Å². The van der Waals surface area contributed by atoms with E-state index in [0.29, 0.717) is 10.9 Å². The van der Waals surface area contributed by atoms with Gasteiger partial charge in [-0.15, -0.1) is 11.3 Å². The van der Waals surface area contributed by atoms with E-state index in [9.17, 15) is 9.90 Å². The van der Waals surface area contributed by atoms with Gasteiger partial charge in [0.05, 0.1) is 33.4 Å². The largest absolute Gasteiger partial charge is 0.481 e. The lowest BCUT2D eigenvalue weighted by Crippen LogP contribution is -2.29. The summed E-state index contributed by atoms with van der Waals surface area (Å²) in [6.07, 6.45) is 2.22. The number of carboxylic acid groups (broad SMARTS) is 1. The molecular formula is C34H39ClN4O3S. The van der Waals surface area contributed by atoms with Crippen LogP contribution in [0.5, 0.6) is 0 Å². The molecule has 0 atom stereocenters. The molecule has 0 saturated carbocycles. The number of aliphatic hydroxyl groups is 1. The average Bonchev–Trinajstić information content (AvgIpc) is 3.49. The molecule has 0 bridgehead atoms. The highest BCUT2D eigenvalue weighted by Gasteiger charge is 2.24. The van der Waals surface area contributed by atoms with Crippen molar-refractivity contribution >= 4 is 50.0 Å². The van der Waals surface area contributed by atoms with E-state index in [-0.39, 0.29) is 6.42 Å². The quantitative estimate of drug-likeness (QED) is 0.210. The van der Waals surface area contributed by atoms with Crippen LogP contribution in [-0.4, -0.2) is 61.6 Å². The number of rotatable bonds is 5. The van der Waals surface area contributed by atoms with E-state index in [0.717, 1.165) is 74.5 Å². The molecule has 9 heteroatoms. The van der Waals surface area contributed by atoms with Gasteiger partial charge in [0.25, 0.3) is 0 Å². The van der Waals surface area contributed by atoms with Gasteiger partial charge >= 0.3 is 5.97 Å². The number of likely N-dealkylation sites (tertiary alicyclic amines) is 1. The predicted molar refractivity (Wildman–Crippen MR) is 177 cm³/mol. The topological polar surface area (TPSA) is 91.5 Å². The highest BCUT2D eigenvalue weighted by atomic mass is 35.5. The zero-order chi connectivity index (χ0) is 31.1. The minimum Gasteiger partial charge on any atom is -0.481 e. The number of piperidine rings is 1. The summed E-state index contributed by atoms with van der Waals surface area (Å²) in [5.74, 6) is -0.366. The van der Waals surface area contributed by atoms with E-state index in [4.69, 9.17) is 26.8 Å². The van der Waals surface area contributed by atoms with E-state index in [1.807, 2.05) is 49.0 Å². The Kier molecular flexibility index (Phi) is 8.95. The number of aromatic nitrogens is 3. The second-order valence-electron chi connectivity index (χ2n) is 12.5. The van der Waals surface area contributed by atoms with E-state index < -0.39 is 11.6 Å². The van der Waals surface area contributed by atoms with Crippen molar-refractivity contribution in [2.75, 3.05) is 20.1 Å². The monoisotopic (exact) mass is 618 g/mol. The molecule has 0 aliphatic carbocycles. The number of fused-ring (bicyclic) bond motifs is 2. The fraction of sp³-hybridized carbons (Fsp3) is 0.382. The fourth-order valence-electron chi connectivity index (χ4n) is 5.66. The van der Waals surface area contributed by atoms with Crippen LogP contribution in [0.25, 0.3) is 42.8 Å². The number of thiazole rings is 1. The number of carboxylic acids is 1. The molecule has 2 N–H and O–H groups in total. The first-order valence-electron chi connectivity index (χ1n) is 14.6. The van der Waals surface area contributed by atoms with Crippen molar-refractivity contribution in [3.63, 3.8) is 0 Å². The van der Waals surface area contributed by atoms with E-state index >= 15 is 0 Å². The molecule has 5 aromatic rings. The highest BCUT2D eigenvalue weighted by Crippen LogP contribution is 2.42. The summed E-state index contributed by atoms with van der Waals surface area (Å²) in [5, 5.41) is 25.9. The van der Waals surface area contributed by atoms with Crippen molar-refractivity contribution in [2.24, 2.45) is 7.05 Å². The van der Waals surface area contributed by atoms with Crippen molar-refractivity contribution in [3.8, 4) is 21.7 Å². The van der Waals surface area contributed by atoms with E-state index in [1.54, 1.807) is 32.1 Å². The Morgan fingerprint density at radius 1 is 1.05 bits per heavy atom. The summed E-state index contributed by atoms with van der Waals surface area (Å²) in [6.45, 7) is 9.40. The van der Waals surface area contributed by atoms with Crippen LogP contribution >= 0.6 is 22.9 Å². The summed E-state index contributed by atoms with van der Waals surface area (Å²) in [6, 6.07) is 16.1. The maximum absolute atomic E-state index is 11.8. The van der Waals surface area contributed by atoms with Crippen LogP contribution in [0, 0.1) is 6.92 Å². The normalized spacial score (nSPS) is 14.7. The molecule has 0 spiro atoms. The third-order valence-electron chi connectivity index (χ3n) is 7.70. The molecule has 43 heavy (non-hydrogen) atoms. The van der Waals surface area contributed by atoms with Crippen LogP contribution < -0.4 is 0 Å². The second kappa shape index (κ2) is 12.4. The van der Waals surface area contributed by atoms with Gasteiger partial charge in [-0.3, -0.25) is 9.48 Å². The van der Waals surface area contributed by atoms with Gasteiger partial charge in [-0.25, -0.2) is 4.98 Å². The smallest absolute Gasteiger partial charge is 0.307 e. The Morgan fingerprint density at radius 3 is 2.30 bits per heavy atom. The summed E-state index contributed by atoms with van der Waals surface area (Å²) >= 11 is 7.77. The molecule has 0 radical (unpaired) electrons. The molecule has 1 aliphatic rings. The number of halogens is 1. The van der Waals surface area contributed by atoms with Gasteiger partial charge in [0, 0.05) is 34.5 Å². The summed E-state index contributed by atoms with van der Waals surface area (Å²) in [5.41, 5.74) is 7.32. The number of nitrogens with zero attached hydrogens (tertiary/aromatic N) is 4. The third-order valence-corrected chi connectivity index (χ3v) is 9.09. The minimum atomic E-state index is -0.852. The maximum Gasteiger partial charge on any atom is 0.307 e. The standard InChI is InChI=1S/C30H29ClN4O2S.C4H10O/c1-17-14-24-29(27(23(17)16-26(36)37)18-4-7-21(31)8-5-18)38-30(32-24)20-6-9-22-25(15-20)35(3)33-28(22)19-10-12-34(2)13-11-19;1-4(2,3)5/h4-9,14-15,19H,10-13,16H2,1-3H3,(H,36,37);5H,1-3H3. The zero-order valence-corrected chi connectivity index (χ0v) is 27.2. The van der Waals surface area contributed by atoms with E-state index in [2.05, 4.69) is 30.1 Å². The number of benzene rings is 3. The average molecular weight is 619 g/mol. The van der Waals surface area contributed by atoms with Gasteiger partial charge in [-0.1, -0.05) is 35.9 Å². The Labute approximate surface area is 261 Å². The van der Waals surface area contributed by atoms with Gasteiger partial charge in [-0.05, 0) is 102 Å². The highest BCUT2D eigenvalue weighted by molar-refractivity contribution is 7.22. The van der Waals surface area contributed by atoms with Gasteiger partial charge in [0.1, 0.15) is 5.01 Å². The number of hydrogen-bond donors (Lipinski definition) is 2. The van der Waals surface area contributed by atoms with Crippen LogP contribution in [-0.2, 0) is 18.3 Å². The molecule has 6 rings (SSSR count). The molecule has 1 fully saturated rings. The molecule has 0 amide bonds. The first-order valence-corrected chi connectivity index (χ1v) is 15.8. The zero-order valence-electron chi connectivity index (χ0n) is 25.6. The number of carbonyl (C=O) groups is 1. The Balaban J connectivity index is 0.000000682. The van der Waals surface area contributed by atoms with Crippen LogP contribution in [0.15, 0.2) is 48.5 Å². The predicted octanol–water partition coefficient (Wildman–Crippen LogP) is 7.69. The lowest BCUT2D eigenvalue weighted by Gasteiger charge is -2.28. The fourth-order valence-corrected chi connectivity index (χ4v) is 6.92. The second-order valence-corrected chi connectivity index (χ2v) is 13.9. The molecule has 0 unspecified atom stereocenters. The van der Waals surface area contributed by atoms with Crippen molar-refractivity contribution < 1.29 is 15.0 Å². The summed E-state index contributed by atoms with van der Waals surface area (Å²) in [4.78, 5) is 19.2. The molecule has 3 heterocycles. The molecule has 7 nitrogen and oxygen atoms in total. The van der Waals surface area contributed by atoms with Gasteiger partial charge in [0.15, 0.2) is 0 Å². The first-order chi connectivity index (χ1) is 20.3. The van der Waals surface area contributed by atoms with Crippen molar-refractivity contribution in [1.82, 2.24) is 19.7 Å². The van der Waals surface area contributed by atoms with E-state index in [1.165, 1.54) is 11.1 Å². The summed E-state index contributed by atoms with van der Waals surface area (Å²) in [7, 11) is 4.20.